The first-order valence-corrected chi connectivity index (χ1v) is 11.9. The van der Waals surface area contributed by atoms with Crippen molar-refractivity contribution in [2.75, 3.05) is 31.9 Å². The summed E-state index contributed by atoms with van der Waals surface area (Å²) in [4.78, 5) is 26.6. The number of carbonyl (C=O) groups is 1. The van der Waals surface area contributed by atoms with Crippen LogP contribution in [0.3, 0.4) is 0 Å². The molecule has 0 unspecified atom stereocenters. The molecule has 1 amide bonds. The Morgan fingerprint density at radius 2 is 1.72 bits per heavy atom. The van der Waals surface area contributed by atoms with Crippen molar-refractivity contribution in [3.8, 4) is 0 Å². The Labute approximate surface area is 191 Å². The molecule has 0 spiro atoms. The molecule has 5 rings (SSSR count). The zero-order chi connectivity index (χ0) is 22.1. The molecule has 2 aromatic carbocycles. The van der Waals surface area contributed by atoms with E-state index in [0.717, 1.165) is 49.3 Å². The van der Waals surface area contributed by atoms with Gasteiger partial charge in [-0.3, -0.25) is 9.69 Å². The Hall–Kier alpha value is -2.97. The van der Waals surface area contributed by atoms with Gasteiger partial charge in [0.25, 0.3) is 0 Å². The largest absolute Gasteiger partial charge is 0.339 e. The van der Waals surface area contributed by atoms with Crippen LogP contribution in [0.2, 0.25) is 0 Å². The highest BCUT2D eigenvalue weighted by molar-refractivity contribution is 7.99. The third kappa shape index (κ3) is 4.20. The van der Waals surface area contributed by atoms with Crippen molar-refractivity contribution >= 4 is 34.2 Å². The number of aryl methyl sites for hydroxylation is 2. The second kappa shape index (κ2) is 8.88. The first-order chi connectivity index (χ1) is 15.6. The van der Waals surface area contributed by atoms with E-state index in [1.165, 1.54) is 22.9 Å². The number of hydrogen-bond acceptors (Lipinski definition) is 6. The van der Waals surface area contributed by atoms with E-state index < -0.39 is 0 Å². The van der Waals surface area contributed by atoms with Crippen LogP contribution in [0.25, 0.3) is 16.6 Å². The topological polar surface area (TPSA) is 66.6 Å². The minimum atomic E-state index is 0.144. The molecule has 32 heavy (non-hydrogen) atoms. The predicted molar refractivity (Wildman–Crippen MR) is 127 cm³/mol. The van der Waals surface area contributed by atoms with Gasteiger partial charge in [0.2, 0.25) is 5.91 Å². The fraction of sp³-hybridized carbons (Fsp3) is 0.333. The lowest BCUT2D eigenvalue weighted by Gasteiger charge is -2.35. The van der Waals surface area contributed by atoms with E-state index in [0.29, 0.717) is 16.7 Å². The molecule has 8 heteroatoms. The van der Waals surface area contributed by atoms with E-state index in [4.69, 9.17) is 4.98 Å². The normalized spacial score (nSPS) is 15.0. The zero-order valence-corrected chi connectivity index (χ0v) is 19.2. The summed E-state index contributed by atoms with van der Waals surface area (Å²) in [5.74, 6) is 1.18. The molecule has 0 bridgehead atoms. The van der Waals surface area contributed by atoms with Gasteiger partial charge in [0.15, 0.2) is 10.8 Å². The quantitative estimate of drug-likeness (QED) is 0.346. The van der Waals surface area contributed by atoms with Crippen LogP contribution in [0.1, 0.15) is 17.0 Å². The van der Waals surface area contributed by atoms with Gasteiger partial charge in [-0.25, -0.2) is 9.97 Å². The molecule has 0 atom stereocenters. The molecular weight excluding hydrogens is 420 g/mol. The predicted octanol–water partition coefficient (Wildman–Crippen LogP) is 3.33. The molecule has 0 saturated carbocycles. The number of hydrogen-bond donors (Lipinski definition) is 0. The van der Waals surface area contributed by atoms with Gasteiger partial charge in [-0.1, -0.05) is 48.2 Å². The fourth-order valence-corrected chi connectivity index (χ4v) is 4.98. The molecule has 1 saturated heterocycles. The summed E-state index contributed by atoms with van der Waals surface area (Å²) in [7, 11) is 0. The fourth-order valence-electron chi connectivity index (χ4n) is 4.13. The number of fused-ring (bicyclic) bond motifs is 3. The molecule has 2 aromatic heterocycles. The molecular formula is C24H26N6OS. The van der Waals surface area contributed by atoms with Gasteiger partial charge in [0.1, 0.15) is 5.82 Å². The molecule has 0 radical (unpaired) electrons. The lowest BCUT2D eigenvalue weighted by atomic mass is 10.1. The maximum absolute atomic E-state index is 12.9. The maximum atomic E-state index is 12.9. The summed E-state index contributed by atoms with van der Waals surface area (Å²) in [6.07, 6.45) is 0. The Bertz CT molecular complexity index is 1280. The van der Waals surface area contributed by atoms with Gasteiger partial charge in [-0.2, -0.15) is 4.52 Å². The average Bonchev–Trinajstić information content (AvgIpc) is 3.21. The first kappa shape index (κ1) is 20.9. The summed E-state index contributed by atoms with van der Waals surface area (Å²) >= 11 is 1.43. The molecule has 1 fully saturated rings. The van der Waals surface area contributed by atoms with Crippen molar-refractivity contribution in [1.29, 1.82) is 0 Å². The highest BCUT2D eigenvalue weighted by atomic mass is 32.2. The van der Waals surface area contributed by atoms with Gasteiger partial charge in [-0.15, -0.1) is 5.10 Å². The van der Waals surface area contributed by atoms with E-state index in [-0.39, 0.29) is 5.91 Å². The van der Waals surface area contributed by atoms with Crippen molar-refractivity contribution in [3.63, 3.8) is 0 Å². The molecule has 1 aliphatic rings. The number of rotatable bonds is 5. The average molecular weight is 447 g/mol. The second-order valence-electron chi connectivity index (χ2n) is 8.18. The van der Waals surface area contributed by atoms with Crippen LogP contribution in [0.4, 0.5) is 0 Å². The standard InChI is InChI=1S/C24H26N6OS/c1-17-7-3-4-8-19(17)15-28-11-13-29(14-12-28)22(31)16-32-24-26-21-10-6-5-9-20(21)23-25-18(2)27-30(23)24/h3-10H,11-16H2,1-2H3. The van der Waals surface area contributed by atoms with E-state index >= 15 is 0 Å². The zero-order valence-electron chi connectivity index (χ0n) is 18.4. The van der Waals surface area contributed by atoms with E-state index in [1.807, 2.05) is 36.1 Å². The van der Waals surface area contributed by atoms with Crippen molar-refractivity contribution in [2.24, 2.45) is 0 Å². The van der Waals surface area contributed by atoms with Gasteiger partial charge in [0, 0.05) is 38.1 Å². The van der Waals surface area contributed by atoms with Crippen LogP contribution in [-0.2, 0) is 11.3 Å². The van der Waals surface area contributed by atoms with E-state index in [1.54, 1.807) is 4.52 Å². The van der Waals surface area contributed by atoms with Gasteiger partial charge in [0.05, 0.1) is 11.3 Å². The van der Waals surface area contributed by atoms with Crippen LogP contribution in [-0.4, -0.2) is 67.2 Å². The number of aromatic nitrogens is 4. The molecule has 3 heterocycles. The Balaban J connectivity index is 1.23. The van der Waals surface area contributed by atoms with Crippen molar-refractivity contribution in [2.45, 2.75) is 25.5 Å². The highest BCUT2D eigenvalue weighted by Gasteiger charge is 2.22. The van der Waals surface area contributed by atoms with Crippen LogP contribution in [0.15, 0.2) is 53.7 Å². The number of nitrogens with zero attached hydrogens (tertiary/aromatic N) is 6. The third-order valence-electron chi connectivity index (χ3n) is 5.96. The number of carbonyl (C=O) groups excluding carboxylic acids is 1. The van der Waals surface area contributed by atoms with Crippen LogP contribution in [0.5, 0.6) is 0 Å². The number of thioether (sulfide) groups is 1. The number of para-hydroxylation sites is 1. The first-order valence-electron chi connectivity index (χ1n) is 10.9. The second-order valence-corrected chi connectivity index (χ2v) is 9.12. The number of amides is 1. The molecule has 164 valence electrons. The van der Waals surface area contributed by atoms with Crippen LogP contribution < -0.4 is 0 Å². The van der Waals surface area contributed by atoms with Gasteiger partial charge in [-0.05, 0) is 37.1 Å². The summed E-state index contributed by atoms with van der Waals surface area (Å²) in [5, 5.41) is 6.17. The maximum Gasteiger partial charge on any atom is 0.233 e. The number of piperazine rings is 1. The van der Waals surface area contributed by atoms with Gasteiger partial charge < -0.3 is 4.90 Å². The van der Waals surface area contributed by atoms with Crippen LogP contribution >= 0.6 is 11.8 Å². The Morgan fingerprint density at radius 1 is 0.969 bits per heavy atom. The van der Waals surface area contributed by atoms with Crippen molar-refractivity contribution in [3.05, 3.63) is 65.5 Å². The molecule has 1 aliphatic heterocycles. The summed E-state index contributed by atoms with van der Waals surface area (Å²) in [5.41, 5.74) is 4.33. The minimum Gasteiger partial charge on any atom is -0.339 e. The monoisotopic (exact) mass is 446 g/mol. The van der Waals surface area contributed by atoms with Crippen LogP contribution in [0, 0.1) is 13.8 Å². The molecule has 4 aromatic rings. The minimum absolute atomic E-state index is 0.144. The lowest BCUT2D eigenvalue weighted by molar-refractivity contribution is -0.130. The van der Waals surface area contributed by atoms with E-state index in [2.05, 4.69) is 46.2 Å². The molecule has 0 aliphatic carbocycles. The van der Waals surface area contributed by atoms with Crippen molar-refractivity contribution < 1.29 is 4.79 Å². The molecule has 7 nitrogen and oxygen atoms in total. The lowest BCUT2D eigenvalue weighted by Crippen LogP contribution is -2.48. The SMILES string of the molecule is Cc1nc2c3ccccc3nc(SCC(=O)N3CCN(Cc4ccccc4C)CC3)n2n1. The highest BCUT2D eigenvalue weighted by Crippen LogP contribution is 2.24. The third-order valence-corrected chi connectivity index (χ3v) is 6.87. The summed E-state index contributed by atoms with van der Waals surface area (Å²) < 4.78 is 1.76. The Morgan fingerprint density at radius 3 is 2.53 bits per heavy atom. The van der Waals surface area contributed by atoms with Gasteiger partial charge >= 0.3 is 0 Å². The Kier molecular flexibility index (Phi) is 5.80. The van der Waals surface area contributed by atoms with E-state index in [9.17, 15) is 4.79 Å². The number of benzene rings is 2. The smallest absolute Gasteiger partial charge is 0.233 e. The summed E-state index contributed by atoms with van der Waals surface area (Å²) in [6.45, 7) is 8.27. The molecule has 0 N–H and O–H groups in total. The van der Waals surface area contributed by atoms with Crippen molar-refractivity contribution in [1.82, 2.24) is 29.4 Å². The summed E-state index contributed by atoms with van der Waals surface area (Å²) in [6, 6.07) is 16.4.